The van der Waals surface area contributed by atoms with Crippen molar-refractivity contribution in [3.63, 3.8) is 0 Å². The molecule has 1 N–H and O–H groups in total. The lowest BCUT2D eigenvalue weighted by atomic mass is 10.2. The molecule has 1 amide bonds. The number of nitrogens with one attached hydrogen (secondary N) is 1. The van der Waals surface area contributed by atoms with Crippen LogP contribution in [-0.4, -0.2) is 37.5 Å². The molecule has 1 aromatic rings. The molecular weight excluding hydrogens is 239 g/mol. The molecule has 94 valence electrons. The number of benzene rings is 1. The van der Waals surface area contributed by atoms with Crippen LogP contribution in [0.25, 0.3) is 0 Å². The van der Waals surface area contributed by atoms with E-state index in [1.54, 1.807) is 0 Å². The van der Waals surface area contributed by atoms with Crippen LogP contribution >= 0.6 is 12.6 Å². The van der Waals surface area contributed by atoms with Crippen LogP contribution < -0.4 is 5.32 Å². The molecule has 1 atom stereocenters. The minimum atomic E-state index is -0.530. The summed E-state index contributed by atoms with van der Waals surface area (Å²) in [5.41, 5.74) is 0.0307. The second kappa shape index (κ2) is 6.02. The summed E-state index contributed by atoms with van der Waals surface area (Å²) in [5.74, 6) is -0.940. The topological polar surface area (TPSA) is 32.3 Å². The van der Waals surface area contributed by atoms with Gasteiger partial charge in [0.1, 0.15) is 5.82 Å². The standard InChI is InChI=1S/C12H17FN2OS/c1-8(7-15(2)3)14-12(16)10-6-9(17)4-5-11(10)13/h4-6,8,17H,7H2,1-3H3,(H,14,16). The molecule has 3 nitrogen and oxygen atoms in total. The number of carbonyl (C=O) groups is 1. The minimum absolute atomic E-state index is 0.0307. The van der Waals surface area contributed by atoms with Crippen molar-refractivity contribution in [2.45, 2.75) is 17.9 Å². The summed E-state index contributed by atoms with van der Waals surface area (Å²) in [5, 5.41) is 2.74. The third-order valence-electron chi connectivity index (χ3n) is 2.21. The first-order chi connectivity index (χ1) is 7.90. The first-order valence-electron chi connectivity index (χ1n) is 5.34. The van der Waals surface area contributed by atoms with Gasteiger partial charge in [-0.15, -0.1) is 12.6 Å². The maximum atomic E-state index is 13.4. The van der Waals surface area contributed by atoms with E-state index in [1.165, 1.54) is 18.2 Å². The number of hydrogen-bond donors (Lipinski definition) is 2. The van der Waals surface area contributed by atoms with Crippen LogP contribution in [0.15, 0.2) is 23.1 Å². The summed E-state index contributed by atoms with van der Waals surface area (Å²) in [6.45, 7) is 2.58. The van der Waals surface area contributed by atoms with Gasteiger partial charge in [0.15, 0.2) is 0 Å². The van der Waals surface area contributed by atoms with Crippen molar-refractivity contribution in [3.8, 4) is 0 Å². The molecule has 0 saturated heterocycles. The van der Waals surface area contributed by atoms with Gasteiger partial charge in [0, 0.05) is 17.5 Å². The molecule has 0 aromatic heterocycles. The fourth-order valence-corrected chi connectivity index (χ4v) is 1.79. The van der Waals surface area contributed by atoms with Crippen LogP contribution in [0.4, 0.5) is 4.39 Å². The zero-order valence-corrected chi connectivity index (χ0v) is 11.1. The molecule has 5 heteroatoms. The zero-order valence-electron chi connectivity index (χ0n) is 10.2. The minimum Gasteiger partial charge on any atom is -0.348 e. The van der Waals surface area contributed by atoms with Crippen molar-refractivity contribution in [1.29, 1.82) is 0 Å². The summed E-state index contributed by atoms with van der Waals surface area (Å²) in [7, 11) is 3.83. The Morgan fingerprint density at radius 2 is 2.18 bits per heavy atom. The van der Waals surface area contributed by atoms with Gasteiger partial charge in [-0.2, -0.15) is 0 Å². The Kier molecular flexibility index (Phi) is 4.96. The van der Waals surface area contributed by atoms with Crippen molar-refractivity contribution < 1.29 is 9.18 Å². The first kappa shape index (κ1) is 14.0. The van der Waals surface area contributed by atoms with E-state index in [0.29, 0.717) is 11.4 Å². The maximum absolute atomic E-state index is 13.4. The van der Waals surface area contributed by atoms with Gasteiger partial charge in [-0.25, -0.2) is 4.39 Å². The summed E-state index contributed by atoms with van der Waals surface area (Å²) in [6, 6.07) is 4.14. The Morgan fingerprint density at radius 1 is 1.53 bits per heavy atom. The molecule has 17 heavy (non-hydrogen) atoms. The fourth-order valence-electron chi connectivity index (χ4n) is 1.58. The lowest BCUT2D eigenvalue weighted by Gasteiger charge is -2.18. The normalized spacial score (nSPS) is 12.6. The summed E-state index contributed by atoms with van der Waals surface area (Å²) < 4.78 is 13.4. The van der Waals surface area contributed by atoms with E-state index in [1.807, 2.05) is 25.9 Å². The van der Waals surface area contributed by atoms with E-state index in [9.17, 15) is 9.18 Å². The van der Waals surface area contributed by atoms with Crippen molar-refractivity contribution >= 4 is 18.5 Å². The van der Waals surface area contributed by atoms with Gasteiger partial charge in [-0.05, 0) is 39.2 Å². The first-order valence-corrected chi connectivity index (χ1v) is 5.79. The fraction of sp³-hybridized carbons (Fsp3) is 0.417. The van der Waals surface area contributed by atoms with E-state index in [0.717, 1.165) is 0 Å². The highest BCUT2D eigenvalue weighted by Crippen LogP contribution is 2.13. The Bertz CT molecular complexity index is 409. The smallest absolute Gasteiger partial charge is 0.254 e. The van der Waals surface area contributed by atoms with Crippen LogP contribution in [-0.2, 0) is 0 Å². The van der Waals surface area contributed by atoms with Crippen molar-refractivity contribution in [1.82, 2.24) is 10.2 Å². The number of carbonyl (C=O) groups excluding carboxylic acids is 1. The van der Waals surface area contributed by atoms with Gasteiger partial charge in [0.05, 0.1) is 5.56 Å². The van der Waals surface area contributed by atoms with Gasteiger partial charge in [0.25, 0.3) is 5.91 Å². The molecule has 1 rings (SSSR count). The number of thiol groups is 1. The van der Waals surface area contributed by atoms with E-state index in [2.05, 4.69) is 17.9 Å². The van der Waals surface area contributed by atoms with Crippen LogP contribution in [0, 0.1) is 5.82 Å². The second-order valence-electron chi connectivity index (χ2n) is 4.30. The quantitative estimate of drug-likeness (QED) is 0.805. The molecule has 0 spiro atoms. The Labute approximate surface area is 106 Å². The maximum Gasteiger partial charge on any atom is 0.254 e. The van der Waals surface area contributed by atoms with Gasteiger partial charge < -0.3 is 10.2 Å². The monoisotopic (exact) mass is 256 g/mol. The molecule has 0 radical (unpaired) electrons. The number of amides is 1. The summed E-state index contributed by atoms with van der Waals surface area (Å²) in [6.07, 6.45) is 0. The second-order valence-corrected chi connectivity index (χ2v) is 4.82. The third-order valence-corrected chi connectivity index (χ3v) is 2.49. The lowest BCUT2D eigenvalue weighted by molar-refractivity contribution is 0.0930. The molecular formula is C12H17FN2OS. The molecule has 0 aliphatic carbocycles. The number of nitrogens with zero attached hydrogens (tertiary/aromatic N) is 1. The molecule has 0 fully saturated rings. The van der Waals surface area contributed by atoms with Gasteiger partial charge in [-0.3, -0.25) is 4.79 Å². The van der Waals surface area contributed by atoms with Crippen LogP contribution in [0.5, 0.6) is 0 Å². The van der Waals surface area contributed by atoms with E-state index < -0.39 is 11.7 Å². The Morgan fingerprint density at radius 3 is 2.76 bits per heavy atom. The number of hydrogen-bond acceptors (Lipinski definition) is 3. The Balaban J connectivity index is 2.73. The summed E-state index contributed by atoms with van der Waals surface area (Å²) >= 11 is 4.09. The highest BCUT2D eigenvalue weighted by atomic mass is 32.1. The van der Waals surface area contributed by atoms with Crippen LogP contribution in [0.2, 0.25) is 0 Å². The van der Waals surface area contributed by atoms with Gasteiger partial charge in [-0.1, -0.05) is 0 Å². The average Bonchev–Trinajstić information content (AvgIpc) is 2.20. The number of halogens is 1. The van der Waals surface area contributed by atoms with Gasteiger partial charge >= 0.3 is 0 Å². The SMILES string of the molecule is CC(CN(C)C)NC(=O)c1cc(S)ccc1F. The predicted molar refractivity (Wildman–Crippen MR) is 69.1 cm³/mol. The highest BCUT2D eigenvalue weighted by Gasteiger charge is 2.14. The molecule has 0 heterocycles. The number of likely N-dealkylation sites (N-methyl/N-ethyl adjacent to an activating group) is 1. The van der Waals surface area contributed by atoms with E-state index in [4.69, 9.17) is 0 Å². The zero-order chi connectivity index (χ0) is 13.0. The van der Waals surface area contributed by atoms with Crippen molar-refractivity contribution in [2.24, 2.45) is 0 Å². The van der Waals surface area contributed by atoms with E-state index >= 15 is 0 Å². The predicted octanol–water partition coefficient (Wildman–Crippen LogP) is 1.79. The molecule has 1 unspecified atom stereocenters. The molecule has 1 aromatic carbocycles. The molecule has 0 bridgehead atoms. The van der Waals surface area contributed by atoms with Crippen LogP contribution in [0.1, 0.15) is 17.3 Å². The van der Waals surface area contributed by atoms with Gasteiger partial charge in [0.2, 0.25) is 0 Å². The largest absolute Gasteiger partial charge is 0.348 e. The van der Waals surface area contributed by atoms with E-state index in [-0.39, 0.29) is 11.6 Å². The van der Waals surface area contributed by atoms with Crippen LogP contribution in [0.3, 0.4) is 0 Å². The van der Waals surface area contributed by atoms with Crippen molar-refractivity contribution in [2.75, 3.05) is 20.6 Å². The molecule has 0 aliphatic rings. The Hall–Kier alpha value is -1.07. The van der Waals surface area contributed by atoms with Crippen molar-refractivity contribution in [3.05, 3.63) is 29.6 Å². The molecule has 0 saturated carbocycles. The summed E-state index contributed by atoms with van der Waals surface area (Å²) in [4.78, 5) is 14.3. The number of rotatable bonds is 4. The lowest BCUT2D eigenvalue weighted by Crippen LogP contribution is -2.39. The average molecular weight is 256 g/mol. The highest BCUT2D eigenvalue weighted by molar-refractivity contribution is 7.80. The third kappa shape index (κ3) is 4.36. The molecule has 0 aliphatic heterocycles.